The van der Waals surface area contributed by atoms with Crippen LogP contribution in [0.2, 0.25) is 5.02 Å². The van der Waals surface area contributed by atoms with Crippen LogP contribution in [0.4, 0.5) is 10.5 Å². The van der Waals surface area contributed by atoms with Gasteiger partial charge in [-0.3, -0.25) is 0 Å². The first-order valence-electron chi connectivity index (χ1n) is 5.40. The number of carbonyl (C=O) groups is 1. The Hall–Kier alpha value is -1.26. The molecule has 3 N–H and O–H groups in total. The van der Waals surface area contributed by atoms with Gasteiger partial charge in [-0.1, -0.05) is 11.6 Å². The van der Waals surface area contributed by atoms with E-state index in [4.69, 9.17) is 16.7 Å². The molecule has 4 nitrogen and oxygen atoms in total. The Labute approximate surface area is 106 Å². The summed E-state index contributed by atoms with van der Waals surface area (Å²) < 4.78 is 0. The highest BCUT2D eigenvalue weighted by Gasteiger charge is 2.06. The fourth-order valence-corrected chi connectivity index (χ4v) is 1.54. The van der Waals surface area contributed by atoms with Crippen LogP contribution < -0.4 is 10.6 Å². The van der Waals surface area contributed by atoms with E-state index >= 15 is 0 Å². The van der Waals surface area contributed by atoms with Gasteiger partial charge in [-0.2, -0.15) is 0 Å². The second-order valence-corrected chi connectivity index (χ2v) is 4.49. The fraction of sp³-hybridized carbons (Fsp3) is 0.417. The second kappa shape index (κ2) is 5.89. The Bertz CT molecular complexity index is 396. The van der Waals surface area contributed by atoms with E-state index in [0.29, 0.717) is 10.7 Å². The van der Waals surface area contributed by atoms with E-state index in [2.05, 4.69) is 10.6 Å². The summed E-state index contributed by atoms with van der Waals surface area (Å²) in [5.41, 5.74) is 2.52. The molecule has 0 aliphatic carbocycles. The Balaban J connectivity index is 2.66. The molecule has 5 heteroatoms. The number of hydrogen-bond acceptors (Lipinski definition) is 2. The van der Waals surface area contributed by atoms with Gasteiger partial charge in [0.15, 0.2) is 0 Å². The highest BCUT2D eigenvalue weighted by Crippen LogP contribution is 2.24. The standard InChI is InChI=1S/C12H17ClN2O2/c1-7-4-10(5-8(2)11(7)13)15-12(17)14-6-9(3)16/h4-5,9,16H,6H2,1-3H3,(H2,14,15,17)/t9-/m1/s1. The molecule has 2 amide bonds. The third-order valence-corrected chi connectivity index (χ3v) is 2.85. The Morgan fingerprint density at radius 1 is 1.41 bits per heavy atom. The van der Waals surface area contributed by atoms with Crippen LogP contribution in [-0.4, -0.2) is 23.8 Å². The number of halogens is 1. The molecule has 0 saturated carbocycles. The highest BCUT2D eigenvalue weighted by molar-refractivity contribution is 6.32. The molecule has 0 fully saturated rings. The Morgan fingerprint density at radius 3 is 2.41 bits per heavy atom. The summed E-state index contributed by atoms with van der Waals surface area (Å²) in [5.74, 6) is 0. The molecule has 1 aromatic rings. The summed E-state index contributed by atoms with van der Waals surface area (Å²) >= 11 is 6.03. The number of benzene rings is 1. The van der Waals surface area contributed by atoms with Crippen LogP contribution in [0.3, 0.4) is 0 Å². The van der Waals surface area contributed by atoms with Crippen molar-refractivity contribution in [3.05, 3.63) is 28.3 Å². The zero-order valence-electron chi connectivity index (χ0n) is 10.2. The summed E-state index contributed by atoms with van der Waals surface area (Å²) in [6.07, 6.45) is -0.561. The van der Waals surface area contributed by atoms with Crippen molar-refractivity contribution in [3.63, 3.8) is 0 Å². The summed E-state index contributed by atoms with van der Waals surface area (Å²) in [6.45, 7) is 5.59. The first-order chi connectivity index (χ1) is 7.90. The lowest BCUT2D eigenvalue weighted by molar-refractivity contribution is 0.190. The van der Waals surface area contributed by atoms with Gasteiger partial charge >= 0.3 is 6.03 Å². The minimum Gasteiger partial charge on any atom is -0.392 e. The van der Waals surface area contributed by atoms with Crippen molar-refractivity contribution < 1.29 is 9.90 Å². The molecule has 1 atom stereocenters. The number of amides is 2. The average Bonchev–Trinajstić information content (AvgIpc) is 2.23. The first kappa shape index (κ1) is 13.8. The molecule has 1 aromatic carbocycles. The van der Waals surface area contributed by atoms with Gasteiger partial charge in [-0.15, -0.1) is 0 Å². The van der Waals surface area contributed by atoms with E-state index in [0.717, 1.165) is 11.1 Å². The number of aliphatic hydroxyl groups is 1. The predicted octanol–water partition coefficient (Wildman–Crippen LogP) is 2.46. The van der Waals surface area contributed by atoms with Crippen LogP contribution in [0.5, 0.6) is 0 Å². The topological polar surface area (TPSA) is 61.4 Å². The van der Waals surface area contributed by atoms with Gasteiger partial charge in [0.2, 0.25) is 0 Å². The number of aliphatic hydroxyl groups excluding tert-OH is 1. The summed E-state index contributed by atoms with van der Waals surface area (Å²) in [6, 6.07) is 3.27. The van der Waals surface area contributed by atoms with Gasteiger partial charge in [0.1, 0.15) is 0 Å². The van der Waals surface area contributed by atoms with Gasteiger partial charge < -0.3 is 15.7 Å². The molecule has 0 radical (unpaired) electrons. The molecule has 0 heterocycles. The Morgan fingerprint density at radius 2 is 1.94 bits per heavy atom. The Kier molecular flexibility index (Phi) is 4.78. The lowest BCUT2D eigenvalue weighted by Gasteiger charge is -2.11. The van der Waals surface area contributed by atoms with Crippen LogP contribution in [-0.2, 0) is 0 Å². The number of rotatable bonds is 3. The molecule has 0 bridgehead atoms. The number of hydrogen-bond donors (Lipinski definition) is 3. The van der Waals surface area contributed by atoms with Crippen LogP contribution in [0, 0.1) is 13.8 Å². The van der Waals surface area contributed by atoms with Crippen LogP contribution in [0.1, 0.15) is 18.1 Å². The maximum atomic E-state index is 11.5. The smallest absolute Gasteiger partial charge is 0.319 e. The van der Waals surface area contributed by atoms with Crippen LogP contribution >= 0.6 is 11.6 Å². The molecule has 0 saturated heterocycles. The van der Waals surface area contributed by atoms with Crippen molar-refractivity contribution in [1.82, 2.24) is 5.32 Å². The minimum atomic E-state index is -0.561. The summed E-state index contributed by atoms with van der Waals surface area (Å²) in [7, 11) is 0. The average molecular weight is 257 g/mol. The van der Waals surface area contributed by atoms with E-state index in [1.807, 2.05) is 13.8 Å². The van der Waals surface area contributed by atoms with E-state index in [-0.39, 0.29) is 12.6 Å². The highest BCUT2D eigenvalue weighted by atomic mass is 35.5. The number of aryl methyl sites for hydroxylation is 2. The third-order valence-electron chi connectivity index (χ3n) is 2.25. The summed E-state index contributed by atoms with van der Waals surface area (Å²) in [5, 5.41) is 15.0. The largest absolute Gasteiger partial charge is 0.392 e. The van der Waals surface area contributed by atoms with E-state index < -0.39 is 6.10 Å². The van der Waals surface area contributed by atoms with Gasteiger partial charge in [0.25, 0.3) is 0 Å². The van der Waals surface area contributed by atoms with Crippen molar-refractivity contribution >= 4 is 23.3 Å². The fourth-order valence-electron chi connectivity index (χ4n) is 1.43. The molecule has 94 valence electrons. The monoisotopic (exact) mass is 256 g/mol. The maximum Gasteiger partial charge on any atom is 0.319 e. The molecular formula is C12H17ClN2O2. The van der Waals surface area contributed by atoms with Gasteiger partial charge in [-0.25, -0.2) is 4.79 Å². The number of nitrogens with one attached hydrogen (secondary N) is 2. The van der Waals surface area contributed by atoms with E-state index in [1.165, 1.54) is 0 Å². The van der Waals surface area contributed by atoms with Crippen molar-refractivity contribution in [2.75, 3.05) is 11.9 Å². The SMILES string of the molecule is Cc1cc(NC(=O)NC[C@@H](C)O)cc(C)c1Cl. The van der Waals surface area contributed by atoms with Gasteiger partial charge in [0, 0.05) is 17.3 Å². The molecule has 0 unspecified atom stereocenters. The molecule has 0 spiro atoms. The molecule has 1 rings (SSSR count). The quantitative estimate of drug-likeness (QED) is 0.778. The van der Waals surface area contributed by atoms with Crippen LogP contribution in [0.25, 0.3) is 0 Å². The lowest BCUT2D eigenvalue weighted by atomic mass is 10.1. The molecule has 0 aliphatic rings. The van der Waals surface area contributed by atoms with Crippen molar-refractivity contribution in [3.8, 4) is 0 Å². The zero-order chi connectivity index (χ0) is 13.0. The third kappa shape index (κ3) is 4.24. The van der Waals surface area contributed by atoms with Crippen molar-refractivity contribution in [1.29, 1.82) is 0 Å². The summed E-state index contributed by atoms with van der Waals surface area (Å²) in [4.78, 5) is 11.5. The maximum absolute atomic E-state index is 11.5. The number of carbonyl (C=O) groups excluding carboxylic acids is 1. The lowest BCUT2D eigenvalue weighted by Crippen LogP contribution is -2.34. The molecular weight excluding hydrogens is 240 g/mol. The minimum absolute atomic E-state index is 0.220. The normalized spacial score (nSPS) is 12.1. The number of anilines is 1. The second-order valence-electron chi connectivity index (χ2n) is 4.11. The predicted molar refractivity (Wildman–Crippen MR) is 69.6 cm³/mol. The van der Waals surface area contributed by atoms with Crippen molar-refractivity contribution in [2.45, 2.75) is 26.9 Å². The van der Waals surface area contributed by atoms with Gasteiger partial charge in [-0.05, 0) is 44.0 Å². The van der Waals surface area contributed by atoms with E-state index in [9.17, 15) is 4.79 Å². The molecule has 17 heavy (non-hydrogen) atoms. The van der Waals surface area contributed by atoms with Crippen molar-refractivity contribution in [2.24, 2.45) is 0 Å². The van der Waals surface area contributed by atoms with Gasteiger partial charge in [0.05, 0.1) is 6.10 Å². The molecule has 0 aliphatic heterocycles. The first-order valence-corrected chi connectivity index (χ1v) is 5.77. The zero-order valence-corrected chi connectivity index (χ0v) is 10.9. The van der Waals surface area contributed by atoms with Crippen LogP contribution in [0.15, 0.2) is 12.1 Å². The molecule has 0 aromatic heterocycles. The number of urea groups is 1. The van der Waals surface area contributed by atoms with E-state index in [1.54, 1.807) is 19.1 Å².